The Bertz CT molecular complexity index is 637. The molecule has 3 amide bonds. The second-order valence-electron chi connectivity index (χ2n) is 5.75. The summed E-state index contributed by atoms with van der Waals surface area (Å²) in [6.07, 6.45) is -0.385. The van der Waals surface area contributed by atoms with E-state index in [2.05, 4.69) is 5.32 Å². The molecule has 1 fully saturated rings. The molecule has 24 heavy (non-hydrogen) atoms. The highest BCUT2D eigenvalue weighted by molar-refractivity contribution is 6.39. The Balaban J connectivity index is 1.90. The molecule has 0 aliphatic carbocycles. The van der Waals surface area contributed by atoms with Crippen LogP contribution in [0.4, 0.5) is 10.5 Å². The molecule has 1 aromatic rings. The van der Waals surface area contributed by atoms with Gasteiger partial charge in [-0.3, -0.25) is 9.59 Å². The van der Waals surface area contributed by atoms with Gasteiger partial charge in [0, 0.05) is 31.9 Å². The van der Waals surface area contributed by atoms with Crippen LogP contribution in [0, 0.1) is 13.8 Å². The number of hydrogen-bond donors (Lipinski definition) is 1. The fourth-order valence-electron chi connectivity index (χ4n) is 2.58. The molecule has 7 nitrogen and oxygen atoms in total. The van der Waals surface area contributed by atoms with E-state index in [1.54, 1.807) is 13.0 Å². The molecule has 0 aromatic heterocycles. The van der Waals surface area contributed by atoms with Crippen molar-refractivity contribution in [3.8, 4) is 0 Å². The number of rotatable bonds is 2. The van der Waals surface area contributed by atoms with E-state index in [0.717, 1.165) is 11.1 Å². The van der Waals surface area contributed by atoms with E-state index in [1.165, 1.54) is 9.80 Å². The Morgan fingerprint density at radius 2 is 1.71 bits per heavy atom. The van der Waals surface area contributed by atoms with Crippen LogP contribution in [0.2, 0.25) is 0 Å². The monoisotopic (exact) mass is 333 g/mol. The molecular weight excluding hydrogens is 310 g/mol. The topological polar surface area (TPSA) is 79.0 Å². The summed E-state index contributed by atoms with van der Waals surface area (Å²) in [6.45, 7) is 7.27. The number of carbonyl (C=O) groups excluding carboxylic acids is 3. The lowest BCUT2D eigenvalue weighted by atomic mass is 10.1. The largest absolute Gasteiger partial charge is 0.450 e. The first-order valence-corrected chi connectivity index (χ1v) is 8.01. The highest BCUT2D eigenvalue weighted by Crippen LogP contribution is 2.16. The summed E-state index contributed by atoms with van der Waals surface area (Å²) in [5.74, 6) is -1.25. The first-order chi connectivity index (χ1) is 11.4. The van der Waals surface area contributed by atoms with Gasteiger partial charge in [-0.1, -0.05) is 17.7 Å². The van der Waals surface area contributed by atoms with Crippen molar-refractivity contribution in [2.45, 2.75) is 20.8 Å². The molecule has 0 spiro atoms. The van der Waals surface area contributed by atoms with E-state index in [9.17, 15) is 14.4 Å². The maximum Gasteiger partial charge on any atom is 0.409 e. The number of piperazine rings is 1. The normalized spacial score (nSPS) is 14.3. The second kappa shape index (κ2) is 7.81. The number of benzene rings is 1. The zero-order valence-electron chi connectivity index (χ0n) is 14.3. The number of ether oxygens (including phenoxy) is 1. The highest BCUT2D eigenvalue weighted by atomic mass is 16.6. The quantitative estimate of drug-likeness (QED) is 0.833. The third-order valence-electron chi connectivity index (χ3n) is 3.92. The van der Waals surface area contributed by atoms with E-state index >= 15 is 0 Å². The zero-order valence-corrected chi connectivity index (χ0v) is 14.3. The van der Waals surface area contributed by atoms with Crippen LogP contribution in [-0.4, -0.2) is 60.5 Å². The molecule has 0 radical (unpaired) electrons. The highest BCUT2D eigenvalue weighted by Gasteiger charge is 2.28. The summed E-state index contributed by atoms with van der Waals surface area (Å²) in [5.41, 5.74) is 2.62. The van der Waals surface area contributed by atoms with Gasteiger partial charge in [-0.2, -0.15) is 0 Å². The number of nitrogens with zero attached hydrogens (tertiary/aromatic N) is 2. The summed E-state index contributed by atoms with van der Waals surface area (Å²) in [7, 11) is 0. The molecule has 1 aliphatic heterocycles. The van der Waals surface area contributed by atoms with Gasteiger partial charge in [0.15, 0.2) is 0 Å². The molecule has 1 saturated heterocycles. The minimum atomic E-state index is -0.661. The smallest absolute Gasteiger partial charge is 0.409 e. The maximum absolute atomic E-state index is 12.3. The molecule has 1 aromatic carbocycles. The average molecular weight is 333 g/mol. The molecule has 0 saturated carbocycles. The number of carbonyl (C=O) groups is 3. The van der Waals surface area contributed by atoms with Gasteiger partial charge >= 0.3 is 17.9 Å². The second-order valence-corrected chi connectivity index (χ2v) is 5.75. The van der Waals surface area contributed by atoms with Gasteiger partial charge in [0.05, 0.1) is 6.61 Å². The number of anilines is 1. The van der Waals surface area contributed by atoms with Crippen molar-refractivity contribution in [3.63, 3.8) is 0 Å². The van der Waals surface area contributed by atoms with Gasteiger partial charge in [0.1, 0.15) is 0 Å². The van der Waals surface area contributed by atoms with Gasteiger partial charge in [-0.15, -0.1) is 0 Å². The predicted molar refractivity (Wildman–Crippen MR) is 89.7 cm³/mol. The molecule has 1 heterocycles. The van der Waals surface area contributed by atoms with E-state index in [0.29, 0.717) is 38.5 Å². The van der Waals surface area contributed by atoms with Crippen molar-refractivity contribution in [3.05, 3.63) is 29.3 Å². The van der Waals surface area contributed by atoms with Crippen molar-refractivity contribution in [1.29, 1.82) is 0 Å². The summed E-state index contributed by atoms with van der Waals surface area (Å²) in [6, 6.07) is 5.61. The molecule has 2 rings (SSSR count). The van der Waals surface area contributed by atoms with Gasteiger partial charge in [0.2, 0.25) is 0 Å². The number of hydrogen-bond acceptors (Lipinski definition) is 4. The van der Waals surface area contributed by atoms with Crippen molar-refractivity contribution >= 4 is 23.6 Å². The van der Waals surface area contributed by atoms with Crippen molar-refractivity contribution in [2.24, 2.45) is 0 Å². The third kappa shape index (κ3) is 4.24. The summed E-state index contributed by atoms with van der Waals surface area (Å²) < 4.78 is 4.93. The summed E-state index contributed by atoms with van der Waals surface area (Å²) in [4.78, 5) is 39.0. The first kappa shape index (κ1) is 17.8. The van der Waals surface area contributed by atoms with Gasteiger partial charge in [-0.05, 0) is 32.4 Å². The molecule has 1 aliphatic rings. The van der Waals surface area contributed by atoms with Crippen molar-refractivity contribution < 1.29 is 19.1 Å². The Labute approximate surface area is 141 Å². The van der Waals surface area contributed by atoms with Crippen LogP contribution in [0.1, 0.15) is 18.1 Å². The van der Waals surface area contributed by atoms with Gasteiger partial charge < -0.3 is 19.9 Å². The van der Waals surface area contributed by atoms with Crippen LogP contribution in [-0.2, 0) is 14.3 Å². The van der Waals surface area contributed by atoms with Gasteiger partial charge in [0.25, 0.3) is 0 Å². The van der Waals surface area contributed by atoms with E-state index < -0.39 is 11.8 Å². The van der Waals surface area contributed by atoms with Crippen molar-refractivity contribution in [2.75, 3.05) is 38.1 Å². The molecule has 0 atom stereocenters. The summed E-state index contributed by atoms with van der Waals surface area (Å²) >= 11 is 0. The predicted octanol–water partition coefficient (Wildman–Crippen LogP) is 1.54. The maximum atomic E-state index is 12.3. The molecule has 7 heteroatoms. The lowest BCUT2D eigenvalue weighted by Crippen LogP contribution is -2.53. The fraction of sp³-hybridized carbons (Fsp3) is 0.471. The molecule has 130 valence electrons. The Kier molecular flexibility index (Phi) is 5.78. The minimum Gasteiger partial charge on any atom is -0.450 e. The zero-order chi connectivity index (χ0) is 17.7. The lowest BCUT2D eigenvalue weighted by molar-refractivity contribution is -0.144. The Morgan fingerprint density at radius 1 is 1.08 bits per heavy atom. The SMILES string of the molecule is CCOC(=O)N1CCN(C(=O)C(=O)Nc2ccc(C)cc2C)CC1. The van der Waals surface area contributed by atoms with Crippen LogP contribution in [0.25, 0.3) is 0 Å². The molecule has 0 unspecified atom stereocenters. The number of aryl methyl sites for hydroxylation is 2. The Morgan fingerprint density at radius 3 is 2.29 bits per heavy atom. The van der Waals surface area contributed by atoms with Crippen molar-refractivity contribution in [1.82, 2.24) is 9.80 Å². The average Bonchev–Trinajstić information content (AvgIpc) is 2.57. The van der Waals surface area contributed by atoms with E-state index in [1.807, 2.05) is 26.0 Å². The fourth-order valence-corrected chi connectivity index (χ4v) is 2.58. The van der Waals surface area contributed by atoms with Crippen LogP contribution in [0.5, 0.6) is 0 Å². The van der Waals surface area contributed by atoms with Crippen LogP contribution in [0.15, 0.2) is 18.2 Å². The standard InChI is InChI=1S/C17H23N3O4/c1-4-24-17(23)20-9-7-19(8-10-20)16(22)15(21)18-14-6-5-12(2)11-13(14)3/h5-6,11H,4,7-10H2,1-3H3,(H,18,21). The number of nitrogens with one attached hydrogen (secondary N) is 1. The first-order valence-electron chi connectivity index (χ1n) is 8.01. The van der Waals surface area contributed by atoms with Crippen LogP contribution >= 0.6 is 0 Å². The van der Waals surface area contributed by atoms with E-state index in [-0.39, 0.29) is 6.09 Å². The lowest BCUT2D eigenvalue weighted by Gasteiger charge is -2.33. The molecule has 0 bridgehead atoms. The van der Waals surface area contributed by atoms with Crippen LogP contribution in [0.3, 0.4) is 0 Å². The minimum absolute atomic E-state index is 0.316. The van der Waals surface area contributed by atoms with Gasteiger partial charge in [-0.25, -0.2) is 4.79 Å². The third-order valence-corrected chi connectivity index (χ3v) is 3.92. The van der Waals surface area contributed by atoms with Crippen LogP contribution < -0.4 is 5.32 Å². The Hall–Kier alpha value is -2.57. The molecule has 1 N–H and O–H groups in total. The number of amides is 3. The molecular formula is C17H23N3O4. The summed E-state index contributed by atoms with van der Waals surface area (Å²) in [5, 5.41) is 2.65. The van der Waals surface area contributed by atoms with E-state index in [4.69, 9.17) is 4.74 Å².